The first-order chi connectivity index (χ1) is 9.56. The Hall–Kier alpha value is -1.33. The second kappa shape index (κ2) is 6.90. The number of thiol groups is 1. The molecule has 20 heavy (non-hydrogen) atoms. The van der Waals surface area contributed by atoms with Gasteiger partial charge in [0.05, 0.1) is 9.72 Å². The average molecular weight is 354 g/mol. The van der Waals surface area contributed by atoms with Crippen molar-refractivity contribution in [2.24, 2.45) is 0 Å². The van der Waals surface area contributed by atoms with E-state index in [1.54, 1.807) is 0 Å². The normalized spacial score (nSPS) is 11.9. The van der Waals surface area contributed by atoms with Gasteiger partial charge in [-0.3, -0.25) is 4.79 Å². The van der Waals surface area contributed by atoms with E-state index in [1.807, 2.05) is 30.3 Å². The summed E-state index contributed by atoms with van der Waals surface area (Å²) in [4.78, 5) is 12.0. The second-order valence-corrected chi connectivity index (χ2v) is 5.80. The largest absolute Gasteiger partial charge is 0.325 e. The van der Waals surface area contributed by atoms with Gasteiger partial charge in [-0.25, -0.2) is 4.39 Å². The van der Waals surface area contributed by atoms with Crippen molar-refractivity contribution < 1.29 is 9.18 Å². The van der Waals surface area contributed by atoms with E-state index in [1.165, 1.54) is 18.2 Å². The van der Waals surface area contributed by atoms with Gasteiger partial charge in [0.25, 0.3) is 0 Å². The van der Waals surface area contributed by atoms with Crippen LogP contribution in [0.25, 0.3) is 0 Å². The number of carbonyl (C=O) groups is 1. The first-order valence-corrected chi connectivity index (χ1v) is 7.35. The Balaban J connectivity index is 1.99. The Bertz CT molecular complexity index is 606. The molecule has 104 valence electrons. The van der Waals surface area contributed by atoms with Gasteiger partial charge in [0.2, 0.25) is 5.91 Å². The molecule has 0 radical (unpaired) electrons. The van der Waals surface area contributed by atoms with E-state index in [4.69, 9.17) is 0 Å². The fourth-order valence-corrected chi connectivity index (χ4v) is 2.38. The quantitative estimate of drug-likeness (QED) is 0.797. The van der Waals surface area contributed by atoms with Crippen molar-refractivity contribution in [3.63, 3.8) is 0 Å². The van der Waals surface area contributed by atoms with E-state index in [2.05, 4.69) is 33.9 Å². The number of hydrogen-bond acceptors (Lipinski definition) is 2. The van der Waals surface area contributed by atoms with Crippen LogP contribution in [0.4, 0.5) is 10.1 Å². The lowest BCUT2D eigenvalue weighted by molar-refractivity contribution is -0.115. The molecule has 0 bridgehead atoms. The zero-order chi connectivity index (χ0) is 14.5. The van der Waals surface area contributed by atoms with E-state index >= 15 is 0 Å². The Morgan fingerprint density at radius 1 is 1.25 bits per heavy atom. The number of halogens is 2. The standard InChI is InChI=1S/C15H13BrFNOS/c16-12-9-11(6-7-13(12)17)18-15(19)14(20)8-10-4-2-1-3-5-10/h1-7,9,14,20H,8H2,(H,18,19). The van der Waals surface area contributed by atoms with E-state index in [0.717, 1.165) is 5.56 Å². The first kappa shape index (κ1) is 15.1. The molecule has 0 aliphatic rings. The molecule has 0 saturated carbocycles. The zero-order valence-electron chi connectivity index (χ0n) is 10.5. The molecular weight excluding hydrogens is 341 g/mol. The maximum atomic E-state index is 13.1. The van der Waals surface area contributed by atoms with Crippen LogP contribution >= 0.6 is 28.6 Å². The summed E-state index contributed by atoms with van der Waals surface area (Å²) in [6, 6.07) is 14.0. The molecule has 0 aromatic heterocycles. The minimum atomic E-state index is -0.457. The van der Waals surface area contributed by atoms with Crippen LogP contribution in [-0.4, -0.2) is 11.2 Å². The molecular formula is C15H13BrFNOS. The summed E-state index contributed by atoms with van der Waals surface area (Å²) in [5.41, 5.74) is 1.58. The fraction of sp³-hybridized carbons (Fsp3) is 0.133. The maximum absolute atomic E-state index is 13.1. The van der Waals surface area contributed by atoms with Crippen molar-refractivity contribution >= 4 is 40.2 Å². The van der Waals surface area contributed by atoms with E-state index in [-0.39, 0.29) is 11.7 Å². The molecule has 0 fully saturated rings. The van der Waals surface area contributed by atoms with Gasteiger partial charge in [0, 0.05) is 5.69 Å². The third kappa shape index (κ3) is 4.08. The number of hydrogen-bond donors (Lipinski definition) is 2. The number of carbonyl (C=O) groups excluding carboxylic acids is 1. The monoisotopic (exact) mass is 353 g/mol. The van der Waals surface area contributed by atoms with Gasteiger partial charge >= 0.3 is 0 Å². The molecule has 2 aromatic rings. The van der Waals surface area contributed by atoms with Crippen LogP contribution in [0.15, 0.2) is 53.0 Å². The lowest BCUT2D eigenvalue weighted by Gasteiger charge is -2.12. The summed E-state index contributed by atoms with van der Waals surface area (Å²) < 4.78 is 13.4. The van der Waals surface area contributed by atoms with Gasteiger partial charge in [0.1, 0.15) is 5.82 Å². The average Bonchev–Trinajstić information content (AvgIpc) is 2.44. The first-order valence-electron chi connectivity index (χ1n) is 6.04. The van der Waals surface area contributed by atoms with Crippen LogP contribution < -0.4 is 5.32 Å². The maximum Gasteiger partial charge on any atom is 0.237 e. The molecule has 0 aliphatic carbocycles. The summed E-state index contributed by atoms with van der Waals surface area (Å²) in [5, 5.41) is 2.26. The van der Waals surface area contributed by atoms with Crippen molar-refractivity contribution in [1.82, 2.24) is 0 Å². The summed E-state index contributed by atoms with van der Waals surface area (Å²) in [5.74, 6) is -0.578. The number of anilines is 1. The predicted molar refractivity (Wildman–Crippen MR) is 85.6 cm³/mol. The van der Waals surface area contributed by atoms with Gasteiger partial charge < -0.3 is 5.32 Å². The highest BCUT2D eigenvalue weighted by Gasteiger charge is 2.15. The number of nitrogens with one attached hydrogen (secondary N) is 1. The highest BCUT2D eigenvalue weighted by molar-refractivity contribution is 9.10. The number of rotatable bonds is 4. The summed E-state index contributed by atoms with van der Waals surface area (Å²) >= 11 is 7.40. The molecule has 0 spiro atoms. The molecule has 1 amide bonds. The molecule has 2 nitrogen and oxygen atoms in total. The van der Waals surface area contributed by atoms with Crippen molar-refractivity contribution in [1.29, 1.82) is 0 Å². The van der Waals surface area contributed by atoms with Gasteiger partial charge in [-0.1, -0.05) is 30.3 Å². The summed E-state index contributed by atoms with van der Waals surface area (Å²) in [6.45, 7) is 0. The van der Waals surface area contributed by atoms with E-state index in [0.29, 0.717) is 16.6 Å². The SMILES string of the molecule is O=C(Nc1ccc(F)c(Br)c1)C(S)Cc1ccccc1. The smallest absolute Gasteiger partial charge is 0.237 e. The number of benzene rings is 2. The second-order valence-electron chi connectivity index (χ2n) is 4.32. The fourth-order valence-electron chi connectivity index (χ4n) is 1.73. The predicted octanol–water partition coefficient (Wildman–Crippen LogP) is 4.07. The Morgan fingerprint density at radius 3 is 2.60 bits per heavy atom. The molecule has 0 saturated heterocycles. The zero-order valence-corrected chi connectivity index (χ0v) is 13.0. The molecule has 0 heterocycles. The molecule has 2 rings (SSSR count). The summed E-state index contributed by atoms with van der Waals surface area (Å²) in [7, 11) is 0. The van der Waals surface area contributed by atoms with Gasteiger partial charge in [-0.05, 0) is 46.1 Å². The Morgan fingerprint density at radius 2 is 1.95 bits per heavy atom. The van der Waals surface area contributed by atoms with Gasteiger partial charge in [0.15, 0.2) is 0 Å². The van der Waals surface area contributed by atoms with Crippen molar-refractivity contribution in [2.45, 2.75) is 11.7 Å². The topological polar surface area (TPSA) is 29.1 Å². The van der Waals surface area contributed by atoms with Gasteiger partial charge in [-0.2, -0.15) is 12.6 Å². The van der Waals surface area contributed by atoms with Crippen molar-refractivity contribution in [3.05, 3.63) is 64.4 Å². The van der Waals surface area contributed by atoms with Crippen LogP contribution in [0.1, 0.15) is 5.56 Å². The van der Waals surface area contributed by atoms with Crippen LogP contribution in [0.5, 0.6) is 0 Å². The molecule has 1 atom stereocenters. The minimum absolute atomic E-state index is 0.212. The molecule has 2 aromatic carbocycles. The highest BCUT2D eigenvalue weighted by atomic mass is 79.9. The van der Waals surface area contributed by atoms with Gasteiger partial charge in [-0.15, -0.1) is 0 Å². The van der Waals surface area contributed by atoms with E-state index < -0.39 is 5.25 Å². The van der Waals surface area contributed by atoms with Crippen LogP contribution in [-0.2, 0) is 11.2 Å². The third-order valence-corrected chi connectivity index (χ3v) is 3.79. The molecule has 1 unspecified atom stereocenters. The van der Waals surface area contributed by atoms with Crippen LogP contribution in [0, 0.1) is 5.82 Å². The van der Waals surface area contributed by atoms with Crippen LogP contribution in [0.2, 0.25) is 0 Å². The van der Waals surface area contributed by atoms with Crippen molar-refractivity contribution in [2.75, 3.05) is 5.32 Å². The molecule has 5 heteroatoms. The lowest BCUT2D eigenvalue weighted by Crippen LogP contribution is -2.25. The summed E-state index contributed by atoms with van der Waals surface area (Å²) in [6.07, 6.45) is 0.540. The Labute approximate surface area is 130 Å². The van der Waals surface area contributed by atoms with Crippen molar-refractivity contribution in [3.8, 4) is 0 Å². The van der Waals surface area contributed by atoms with Crippen LogP contribution in [0.3, 0.4) is 0 Å². The molecule has 0 aliphatic heterocycles. The lowest BCUT2D eigenvalue weighted by atomic mass is 10.1. The third-order valence-electron chi connectivity index (χ3n) is 2.76. The Kier molecular flexibility index (Phi) is 5.20. The highest BCUT2D eigenvalue weighted by Crippen LogP contribution is 2.20. The van der Waals surface area contributed by atoms with E-state index in [9.17, 15) is 9.18 Å². The minimum Gasteiger partial charge on any atom is -0.325 e. The molecule has 1 N–H and O–H groups in total. The number of amides is 1.